The van der Waals surface area contributed by atoms with Crippen LogP contribution < -0.4 is 0 Å². The Morgan fingerprint density at radius 2 is 1.56 bits per heavy atom. The maximum absolute atomic E-state index is 12.3. The zero-order valence-corrected chi connectivity index (χ0v) is 10.3. The van der Waals surface area contributed by atoms with Gasteiger partial charge in [0.25, 0.3) is 0 Å². The lowest BCUT2D eigenvalue weighted by atomic mass is 10.0. The van der Waals surface area contributed by atoms with E-state index in [-0.39, 0.29) is 0 Å². The van der Waals surface area contributed by atoms with Crippen LogP contribution in [0, 0.1) is 7.11 Å². The van der Waals surface area contributed by atoms with Crippen LogP contribution in [0.5, 0.6) is 0 Å². The SMILES string of the molecule is [CH2]OCCCCCCc1ccc(C(F)(F)F)cc1. The van der Waals surface area contributed by atoms with Crippen molar-refractivity contribution < 1.29 is 17.9 Å². The Morgan fingerprint density at radius 3 is 2.11 bits per heavy atom. The predicted octanol–water partition coefficient (Wildman–Crippen LogP) is 4.62. The fourth-order valence-electron chi connectivity index (χ4n) is 1.75. The molecule has 0 bridgehead atoms. The van der Waals surface area contributed by atoms with E-state index in [0.29, 0.717) is 6.61 Å². The first-order valence-corrected chi connectivity index (χ1v) is 6.07. The summed E-state index contributed by atoms with van der Waals surface area (Å²) in [6.45, 7) is 0.667. The number of hydrogen-bond donors (Lipinski definition) is 0. The van der Waals surface area contributed by atoms with Crippen LogP contribution in [0.4, 0.5) is 13.2 Å². The van der Waals surface area contributed by atoms with Gasteiger partial charge in [-0.25, -0.2) is 0 Å². The molecule has 0 saturated carbocycles. The summed E-state index contributed by atoms with van der Waals surface area (Å²) in [6.07, 6.45) is 0.676. The number of ether oxygens (including phenoxy) is 1. The van der Waals surface area contributed by atoms with Crippen molar-refractivity contribution in [1.82, 2.24) is 0 Å². The summed E-state index contributed by atoms with van der Waals surface area (Å²) >= 11 is 0. The topological polar surface area (TPSA) is 9.23 Å². The molecule has 0 spiro atoms. The molecule has 0 saturated heterocycles. The second-order valence-electron chi connectivity index (χ2n) is 4.27. The molecule has 0 aromatic heterocycles. The van der Waals surface area contributed by atoms with Crippen molar-refractivity contribution in [3.8, 4) is 0 Å². The number of halogens is 3. The number of hydrogen-bond acceptors (Lipinski definition) is 1. The Labute approximate surface area is 106 Å². The van der Waals surface area contributed by atoms with Gasteiger partial charge >= 0.3 is 6.18 Å². The molecular formula is C14H18F3O. The van der Waals surface area contributed by atoms with E-state index in [4.69, 9.17) is 4.74 Å². The zero-order valence-electron chi connectivity index (χ0n) is 10.3. The quantitative estimate of drug-likeness (QED) is 0.649. The Morgan fingerprint density at radius 1 is 0.944 bits per heavy atom. The van der Waals surface area contributed by atoms with E-state index in [1.54, 1.807) is 12.1 Å². The van der Waals surface area contributed by atoms with Crippen molar-refractivity contribution in [1.29, 1.82) is 0 Å². The van der Waals surface area contributed by atoms with Gasteiger partial charge in [0.05, 0.1) is 12.7 Å². The minimum absolute atomic E-state index is 0.584. The molecule has 0 N–H and O–H groups in total. The van der Waals surface area contributed by atoms with Gasteiger partial charge in [0.1, 0.15) is 0 Å². The van der Waals surface area contributed by atoms with E-state index in [1.165, 1.54) is 0 Å². The van der Waals surface area contributed by atoms with Crippen LogP contribution >= 0.6 is 0 Å². The van der Waals surface area contributed by atoms with Gasteiger partial charge in [-0.1, -0.05) is 25.0 Å². The molecule has 1 rings (SSSR count). The number of unbranched alkanes of at least 4 members (excludes halogenated alkanes) is 3. The van der Waals surface area contributed by atoms with E-state index in [2.05, 4.69) is 7.11 Å². The van der Waals surface area contributed by atoms with E-state index in [9.17, 15) is 13.2 Å². The molecule has 0 amide bonds. The molecule has 1 radical (unpaired) electrons. The maximum atomic E-state index is 12.3. The molecule has 0 fully saturated rings. The van der Waals surface area contributed by atoms with E-state index < -0.39 is 11.7 Å². The highest BCUT2D eigenvalue weighted by Gasteiger charge is 2.29. The van der Waals surface area contributed by atoms with Gasteiger partial charge in [0, 0.05) is 6.61 Å². The van der Waals surface area contributed by atoms with Crippen LogP contribution in [0.3, 0.4) is 0 Å². The highest BCUT2D eigenvalue weighted by atomic mass is 19.4. The first-order chi connectivity index (χ1) is 8.54. The molecular weight excluding hydrogens is 241 g/mol. The standard InChI is InChI=1S/C14H18F3O/c1-18-11-5-3-2-4-6-12-7-9-13(10-8-12)14(15,16)17/h7-10H,1-6,11H2. The third-order valence-electron chi connectivity index (χ3n) is 2.79. The normalized spacial score (nSPS) is 11.8. The lowest BCUT2D eigenvalue weighted by molar-refractivity contribution is -0.137. The van der Waals surface area contributed by atoms with Gasteiger partial charge < -0.3 is 4.74 Å². The fraction of sp³-hybridized carbons (Fsp3) is 0.500. The second kappa shape index (κ2) is 7.41. The van der Waals surface area contributed by atoms with E-state index in [1.807, 2.05) is 0 Å². The molecule has 0 unspecified atom stereocenters. The van der Waals surface area contributed by atoms with Crippen LogP contribution in [0.25, 0.3) is 0 Å². The molecule has 101 valence electrons. The average Bonchev–Trinajstić information content (AvgIpc) is 2.33. The monoisotopic (exact) mass is 259 g/mol. The predicted molar refractivity (Wildman–Crippen MR) is 64.9 cm³/mol. The molecule has 18 heavy (non-hydrogen) atoms. The van der Waals surface area contributed by atoms with Crippen molar-refractivity contribution in [2.24, 2.45) is 0 Å². The highest BCUT2D eigenvalue weighted by molar-refractivity contribution is 5.24. The van der Waals surface area contributed by atoms with Gasteiger partial charge in [-0.2, -0.15) is 13.2 Å². The smallest absolute Gasteiger partial charge is 0.379 e. The van der Waals surface area contributed by atoms with Gasteiger partial charge in [0.2, 0.25) is 0 Å². The molecule has 1 nitrogen and oxygen atoms in total. The molecule has 0 aliphatic heterocycles. The third kappa shape index (κ3) is 5.54. The van der Waals surface area contributed by atoms with E-state index >= 15 is 0 Å². The minimum atomic E-state index is -4.24. The lowest BCUT2D eigenvalue weighted by Gasteiger charge is -2.07. The summed E-state index contributed by atoms with van der Waals surface area (Å²) in [5.74, 6) is 0. The van der Waals surface area contributed by atoms with Gasteiger partial charge in [-0.05, 0) is 37.0 Å². The van der Waals surface area contributed by atoms with Crippen molar-refractivity contribution in [3.05, 3.63) is 42.5 Å². The van der Waals surface area contributed by atoms with Crippen LogP contribution in [0.1, 0.15) is 36.8 Å². The van der Waals surface area contributed by atoms with Gasteiger partial charge in [-0.3, -0.25) is 0 Å². The number of rotatable bonds is 7. The molecule has 0 heterocycles. The zero-order chi connectivity index (χ0) is 13.4. The Hall–Kier alpha value is -1.03. The van der Waals surface area contributed by atoms with Crippen molar-refractivity contribution in [3.63, 3.8) is 0 Å². The Bertz CT molecular complexity index is 330. The van der Waals surface area contributed by atoms with Crippen molar-refractivity contribution in [2.75, 3.05) is 6.61 Å². The molecule has 0 aliphatic rings. The molecule has 0 atom stereocenters. The summed E-state index contributed by atoms with van der Waals surface area (Å²) in [5.41, 5.74) is 0.371. The maximum Gasteiger partial charge on any atom is 0.416 e. The first-order valence-electron chi connectivity index (χ1n) is 6.07. The first kappa shape index (κ1) is 15.0. The summed E-state index contributed by atoms with van der Waals surface area (Å²) in [6, 6.07) is 5.40. The van der Waals surface area contributed by atoms with Crippen LogP contribution in [0.2, 0.25) is 0 Å². The van der Waals surface area contributed by atoms with Gasteiger partial charge in [0.15, 0.2) is 0 Å². The average molecular weight is 259 g/mol. The molecule has 1 aromatic rings. The van der Waals surface area contributed by atoms with E-state index in [0.717, 1.165) is 49.8 Å². The summed E-state index contributed by atoms with van der Waals surface area (Å²) in [7, 11) is 3.29. The second-order valence-corrected chi connectivity index (χ2v) is 4.27. The Balaban J connectivity index is 2.27. The lowest BCUT2D eigenvalue weighted by Crippen LogP contribution is -2.04. The van der Waals surface area contributed by atoms with Crippen molar-refractivity contribution in [2.45, 2.75) is 38.3 Å². The van der Waals surface area contributed by atoms with Crippen LogP contribution in [-0.4, -0.2) is 6.61 Å². The number of aryl methyl sites for hydroxylation is 1. The summed E-state index contributed by atoms with van der Waals surface area (Å²) in [5, 5.41) is 0. The van der Waals surface area contributed by atoms with Crippen LogP contribution in [-0.2, 0) is 17.3 Å². The molecule has 0 aliphatic carbocycles. The highest BCUT2D eigenvalue weighted by Crippen LogP contribution is 2.29. The Kier molecular flexibility index (Phi) is 6.19. The number of benzene rings is 1. The van der Waals surface area contributed by atoms with Gasteiger partial charge in [-0.15, -0.1) is 0 Å². The van der Waals surface area contributed by atoms with Crippen LogP contribution in [0.15, 0.2) is 24.3 Å². The molecule has 4 heteroatoms. The number of alkyl halides is 3. The van der Waals surface area contributed by atoms with Crippen molar-refractivity contribution >= 4 is 0 Å². The minimum Gasteiger partial charge on any atom is -0.379 e. The largest absolute Gasteiger partial charge is 0.416 e. The third-order valence-corrected chi connectivity index (χ3v) is 2.79. The molecule has 1 aromatic carbocycles. The fourth-order valence-corrected chi connectivity index (χ4v) is 1.75. The summed E-state index contributed by atoms with van der Waals surface area (Å²) < 4.78 is 41.7. The summed E-state index contributed by atoms with van der Waals surface area (Å²) in [4.78, 5) is 0.